The van der Waals surface area contributed by atoms with Crippen LogP contribution in [0.1, 0.15) is 5.69 Å². The molecule has 0 unspecified atom stereocenters. The fourth-order valence-electron chi connectivity index (χ4n) is 5.07. The molecule has 0 radical (unpaired) electrons. The molecule has 1 aromatic heterocycles. The van der Waals surface area contributed by atoms with Crippen LogP contribution in [-0.4, -0.2) is 89.4 Å². The maximum absolute atomic E-state index is 13.2. The molecule has 0 amide bonds. The predicted octanol–water partition coefficient (Wildman–Crippen LogP) is 4.20. The van der Waals surface area contributed by atoms with Crippen molar-refractivity contribution in [1.29, 1.82) is 0 Å². The maximum Gasteiger partial charge on any atom is 0.397 e. The minimum absolute atomic E-state index is 0.0319. The number of aromatic hydroxyl groups is 1. The monoisotopic (exact) mass is 793 g/mol. The van der Waals surface area contributed by atoms with E-state index in [2.05, 4.69) is 19.5 Å². The molecule has 0 saturated heterocycles. The van der Waals surface area contributed by atoms with E-state index in [0.29, 0.717) is 0 Å². The molecular formula is C31H31N5O12S4. The summed E-state index contributed by atoms with van der Waals surface area (Å²) in [4.78, 5) is 0.872. The third-order valence-electron chi connectivity index (χ3n) is 7.72. The fourth-order valence-corrected chi connectivity index (χ4v) is 8.72. The lowest BCUT2D eigenvalue weighted by molar-refractivity contribution is 0.284. The minimum atomic E-state index is -4.94. The van der Waals surface area contributed by atoms with Crippen LogP contribution in [0.5, 0.6) is 5.88 Å². The number of anilines is 1. The summed E-state index contributed by atoms with van der Waals surface area (Å²) < 4.78 is 122. The summed E-state index contributed by atoms with van der Waals surface area (Å²) >= 11 is 0. The van der Waals surface area contributed by atoms with Gasteiger partial charge in [-0.2, -0.15) is 26.6 Å². The molecule has 21 heteroatoms. The van der Waals surface area contributed by atoms with Gasteiger partial charge < -0.3 is 10.0 Å². The van der Waals surface area contributed by atoms with Crippen molar-refractivity contribution < 1.29 is 52.1 Å². The van der Waals surface area contributed by atoms with Gasteiger partial charge >= 0.3 is 10.4 Å². The van der Waals surface area contributed by atoms with Crippen molar-refractivity contribution in [2.75, 3.05) is 36.6 Å². The van der Waals surface area contributed by atoms with Crippen LogP contribution in [0.2, 0.25) is 0 Å². The van der Waals surface area contributed by atoms with Crippen LogP contribution in [0, 0.1) is 6.92 Å². The lowest BCUT2D eigenvalue weighted by Crippen LogP contribution is -2.25. The molecule has 0 aliphatic heterocycles. The summed E-state index contributed by atoms with van der Waals surface area (Å²) in [7, 11) is -15.8. The first kappa shape index (κ1) is 38.5. The Kier molecular flexibility index (Phi) is 10.9. The smallest absolute Gasteiger partial charge is 0.397 e. The van der Waals surface area contributed by atoms with E-state index in [4.69, 9.17) is 4.55 Å². The summed E-state index contributed by atoms with van der Waals surface area (Å²) in [6, 6.07) is 20.5. The number of hydrogen-bond donors (Lipinski definition) is 3. The van der Waals surface area contributed by atoms with Gasteiger partial charge in [0.2, 0.25) is 5.88 Å². The molecule has 0 bridgehead atoms. The van der Waals surface area contributed by atoms with E-state index in [-0.39, 0.29) is 55.6 Å². The zero-order chi connectivity index (χ0) is 38.1. The number of rotatable bonds is 14. The highest BCUT2D eigenvalue weighted by Gasteiger charge is 2.24. The molecule has 0 aliphatic carbocycles. The fraction of sp³-hybridized carbons (Fsp3) is 0.194. The van der Waals surface area contributed by atoms with Crippen molar-refractivity contribution in [1.82, 2.24) is 9.78 Å². The highest BCUT2D eigenvalue weighted by Crippen LogP contribution is 2.38. The predicted molar refractivity (Wildman–Crippen MR) is 189 cm³/mol. The molecule has 3 N–H and O–H groups in total. The number of para-hydroxylation sites is 1. The summed E-state index contributed by atoms with van der Waals surface area (Å²) in [6.07, 6.45) is 0. The summed E-state index contributed by atoms with van der Waals surface area (Å²) in [6.45, 7) is 0.833. The molecule has 5 rings (SSSR count). The van der Waals surface area contributed by atoms with Crippen molar-refractivity contribution >= 4 is 68.0 Å². The molecule has 0 saturated carbocycles. The van der Waals surface area contributed by atoms with Crippen molar-refractivity contribution in [3.63, 3.8) is 0 Å². The van der Waals surface area contributed by atoms with Gasteiger partial charge in [0.25, 0.3) is 10.1 Å². The number of fused-ring (bicyclic) bond motifs is 1. The van der Waals surface area contributed by atoms with Crippen molar-refractivity contribution in [2.24, 2.45) is 10.2 Å². The second kappa shape index (κ2) is 14.7. The van der Waals surface area contributed by atoms with Gasteiger partial charge in [0.15, 0.2) is 25.4 Å². The van der Waals surface area contributed by atoms with Crippen molar-refractivity contribution in [3.8, 4) is 11.6 Å². The molecule has 1 heterocycles. The second-order valence-electron chi connectivity index (χ2n) is 11.3. The molecular weight excluding hydrogens is 763 g/mol. The van der Waals surface area contributed by atoms with E-state index in [9.17, 15) is 43.3 Å². The van der Waals surface area contributed by atoms with Crippen LogP contribution in [-0.2, 0) is 44.4 Å². The van der Waals surface area contributed by atoms with Crippen molar-refractivity contribution in [3.05, 3.63) is 90.6 Å². The number of azo groups is 1. The molecule has 4 aromatic carbocycles. The van der Waals surface area contributed by atoms with Crippen LogP contribution in [0.3, 0.4) is 0 Å². The van der Waals surface area contributed by atoms with Gasteiger partial charge in [-0.3, -0.25) is 9.11 Å². The Morgan fingerprint density at radius 2 is 1.42 bits per heavy atom. The van der Waals surface area contributed by atoms with Crippen LogP contribution < -0.4 is 4.90 Å². The van der Waals surface area contributed by atoms with Gasteiger partial charge in [-0.1, -0.05) is 30.3 Å². The van der Waals surface area contributed by atoms with E-state index in [1.165, 1.54) is 61.5 Å². The van der Waals surface area contributed by atoms with Gasteiger partial charge in [-0.05, 0) is 66.9 Å². The van der Waals surface area contributed by atoms with E-state index in [1.807, 2.05) is 30.3 Å². The average Bonchev–Trinajstić information content (AvgIpc) is 3.37. The lowest BCUT2D eigenvalue weighted by atomic mass is 10.1. The van der Waals surface area contributed by atoms with Crippen LogP contribution in [0.4, 0.5) is 17.1 Å². The van der Waals surface area contributed by atoms with Gasteiger partial charge in [0.05, 0.1) is 39.3 Å². The van der Waals surface area contributed by atoms with E-state index in [1.54, 1.807) is 11.9 Å². The second-order valence-corrected chi connectivity index (χ2v) is 17.9. The van der Waals surface area contributed by atoms with E-state index >= 15 is 0 Å². The standard InChI is InChI=1S/C31H31N5O12S4/c1-21-29(31(37)36(34-21)24-9-11-25(12-10-24)50(40,41)19-17-48-52(45,46)47)33-32-28-15-8-22-20-26(13-14-27(22)30(28)51(42,43)44)49(38,39)18-16-35(2)23-6-4-3-5-7-23/h3-15,20,37H,16-19H2,1-2H3,(H,42,43,44)(H,45,46,47). The molecule has 0 aliphatic rings. The Morgan fingerprint density at radius 1 is 0.788 bits per heavy atom. The average molecular weight is 794 g/mol. The number of benzene rings is 4. The first-order chi connectivity index (χ1) is 24.3. The topological polar surface area (TPSA) is 252 Å². The number of nitrogens with zero attached hydrogens (tertiary/aromatic N) is 5. The van der Waals surface area contributed by atoms with Gasteiger partial charge in [-0.15, -0.1) is 10.2 Å². The Bertz CT molecular complexity index is 2610. The minimum Gasteiger partial charge on any atom is -0.492 e. The number of sulfone groups is 2. The third-order valence-corrected chi connectivity index (χ3v) is 12.5. The highest BCUT2D eigenvalue weighted by atomic mass is 32.3. The first-order valence-corrected chi connectivity index (χ1v) is 21.1. The first-order valence-electron chi connectivity index (χ1n) is 15.0. The Hall–Kier alpha value is -4.77. The SMILES string of the molecule is Cc1nn(-c2ccc(S(=O)(=O)CCOS(=O)(=O)O)cc2)c(O)c1N=Nc1ccc2cc(S(=O)(=O)CCN(C)c3ccccc3)ccc2c1S(=O)(=O)O. The largest absolute Gasteiger partial charge is 0.492 e. The lowest BCUT2D eigenvalue weighted by Gasteiger charge is -2.19. The van der Waals surface area contributed by atoms with Gasteiger partial charge in [0, 0.05) is 24.7 Å². The third kappa shape index (κ3) is 8.81. The quantitative estimate of drug-likeness (QED) is 0.105. The zero-order valence-corrected chi connectivity index (χ0v) is 30.6. The van der Waals surface area contributed by atoms with Gasteiger partial charge in [-0.25, -0.2) is 21.0 Å². The molecule has 0 fully saturated rings. The summed E-state index contributed by atoms with van der Waals surface area (Å²) in [5, 5.41) is 23.2. The zero-order valence-electron chi connectivity index (χ0n) is 27.3. The van der Waals surface area contributed by atoms with E-state index < -0.39 is 63.3 Å². The summed E-state index contributed by atoms with van der Waals surface area (Å²) in [5.41, 5.74) is 0.621. The normalized spacial score (nSPS) is 12.8. The number of aryl methyl sites for hydroxylation is 1. The maximum atomic E-state index is 13.2. The van der Waals surface area contributed by atoms with Crippen molar-refractivity contribution in [2.45, 2.75) is 21.6 Å². The number of hydrogen-bond acceptors (Lipinski definition) is 14. The van der Waals surface area contributed by atoms with E-state index in [0.717, 1.165) is 10.4 Å². The van der Waals surface area contributed by atoms with Gasteiger partial charge in [0.1, 0.15) is 10.6 Å². The molecule has 0 spiro atoms. The molecule has 0 atom stereocenters. The molecule has 17 nitrogen and oxygen atoms in total. The molecule has 52 heavy (non-hydrogen) atoms. The Morgan fingerprint density at radius 3 is 2.06 bits per heavy atom. The number of aromatic nitrogens is 2. The highest BCUT2D eigenvalue weighted by molar-refractivity contribution is 7.91. The molecule has 276 valence electrons. The summed E-state index contributed by atoms with van der Waals surface area (Å²) in [5.74, 6) is -1.53. The Labute approximate surface area is 299 Å². The van der Waals surface area contributed by atoms with Crippen LogP contribution in [0.15, 0.2) is 110 Å². The van der Waals surface area contributed by atoms with Crippen LogP contribution in [0.25, 0.3) is 16.5 Å². The Balaban J connectivity index is 1.40. The molecule has 5 aromatic rings. The van der Waals surface area contributed by atoms with Crippen LogP contribution >= 0.6 is 0 Å².